The lowest BCUT2D eigenvalue weighted by molar-refractivity contribution is 0.243. The summed E-state index contributed by atoms with van der Waals surface area (Å²) in [6.45, 7) is 8.30. The summed E-state index contributed by atoms with van der Waals surface area (Å²) in [4.78, 5) is 0. The molecule has 2 aliphatic heterocycles. The minimum Gasteiger partial charge on any atom is -0.480 e. The van der Waals surface area contributed by atoms with Crippen LogP contribution in [0.25, 0.3) is 16.7 Å². The van der Waals surface area contributed by atoms with Gasteiger partial charge in [-0.25, -0.2) is 4.39 Å². The predicted octanol–water partition coefficient (Wildman–Crippen LogP) is 6.89. The molecule has 2 nitrogen and oxygen atoms in total. The van der Waals surface area contributed by atoms with Crippen LogP contribution in [0.2, 0.25) is 0 Å². The molecule has 2 aliphatic rings. The summed E-state index contributed by atoms with van der Waals surface area (Å²) in [6, 6.07) is 17.8. The number of para-hydroxylation sites is 1. The highest BCUT2D eigenvalue weighted by Gasteiger charge is 2.34. The van der Waals surface area contributed by atoms with Crippen molar-refractivity contribution in [3.05, 3.63) is 88.7 Å². The average Bonchev–Trinajstić information content (AvgIpc) is 2.68. The molecule has 2 heterocycles. The van der Waals surface area contributed by atoms with E-state index in [1.165, 1.54) is 22.8 Å². The van der Waals surface area contributed by atoms with Gasteiger partial charge >= 0.3 is 0 Å². The Kier molecular flexibility index (Phi) is 3.86. The van der Waals surface area contributed by atoms with Gasteiger partial charge in [-0.05, 0) is 74.2 Å². The number of allylic oxidation sites excluding steroid dienone is 1. The van der Waals surface area contributed by atoms with E-state index in [4.69, 9.17) is 4.74 Å². The van der Waals surface area contributed by atoms with Crippen LogP contribution in [-0.4, -0.2) is 5.54 Å². The van der Waals surface area contributed by atoms with Crippen molar-refractivity contribution in [3.8, 4) is 16.9 Å². The van der Waals surface area contributed by atoms with Crippen LogP contribution in [-0.2, 0) is 0 Å². The number of hydrogen-bond donors (Lipinski definition) is 1. The second-order valence-corrected chi connectivity index (χ2v) is 8.63. The number of rotatable bonds is 1. The quantitative estimate of drug-likeness (QED) is 0.492. The molecule has 0 spiro atoms. The number of nitrogens with one attached hydrogen (secondary N) is 1. The van der Waals surface area contributed by atoms with E-state index in [-0.39, 0.29) is 17.5 Å². The first kappa shape index (κ1) is 18.0. The van der Waals surface area contributed by atoms with Gasteiger partial charge in [-0.3, -0.25) is 0 Å². The highest BCUT2D eigenvalue weighted by Crippen LogP contribution is 2.50. The van der Waals surface area contributed by atoms with Crippen molar-refractivity contribution in [2.45, 2.75) is 39.3 Å². The Bertz CT molecular complexity index is 1180. The smallest absolute Gasteiger partial charge is 0.150 e. The Morgan fingerprint density at radius 1 is 0.966 bits per heavy atom. The summed E-state index contributed by atoms with van der Waals surface area (Å²) in [5, 5.41) is 3.64. The summed E-state index contributed by atoms with van der Waals surface area (Å²) in [7, 11) is 0. The molecule has 1 N–H and O–H groups in total. The van der Waals surface area contributed by atoms with E-state index < -0.39 is 0 Å². The van der Waals surface area contributed by atoms with E-state index >= 15 is 0 Å². The van der Waals surface area contributed by atoms with Crippen LogP contribution in [0, 0.1) is 12.7 Å². The molecule has 0 fully saturated rings. The van der Waals surface area contributed by atoms with Crippen molar-refractivity contribution in [3.63, 3.8) is 0 Å². The van der Waals surface area contributed by atoms with Crippen LogP contribution in [0.3, 0.4) is 0 Å². The first-order chi connectivity index (χ1) is 13.8. The zero-order chi connectivity index (χ0) is 20.3. The number of fused-ring (bicyclic) bond motifs is 5. The zero-order valence-electron chi connectivity index (χ0n) is 17.1. The van der Waals surface area contributed by atoms with Gasteiger partial charge < -0.3 is 10.1 Å². The summed E-state index contributed by atoms with van der Waals surface area (Å²) >= 11 is 0. The van der Waals surface area contributed by atoms with Crippen LogP contribution in [0.1, 0.15) is 49.1 Å². The molecular formula is C26H24FNO. The molecule has 0 radical (unpaired) electrons. The molecule has 146 valence electrons. The summed E-state index contributed by atoms with van der Waals surface area (Å²) in [5.41, 5.74) is 8.42. The summed E-state index contributed by atoms with van der Waals surface area (Å²) in [6.07, 6.45) is 1.98. The first-order valence-electron chi connectivity index (χ1n) is 10.0. The Labute approximate surface area is 171 Å². The van der Waals surface area contributed by atoms with Crippen molar-refractivity contribution >= 4 is 11.3 Å². The first-order valence-corrected chi connectivity index (χ1v) is 10.0. The lowest BCUT2D eigenvalue weighted by Crippen LogP contribution is -2.32. The summed E-state index contributed by atoms with van der Waals surface area (Å²) in [5.74, 6) is 0.664. The molecule has 0 aliphatic carbocycles. The van der Waals surface area contributed by atoms with Crippen LogP contribution in [0.5, 0.6) is 5.75 Å². The second-order valence-electron chi connectivity index (χ2n) is 8.63. The monoisotopic (exact) mass is 385 g/mol. The Hall–Kier alpha value is -3.07. The van der Waals surface area contributed by atoms with Crippen molar-refractivity contribution in [2.75, 3.05) is 5.32 Å². The van der Waals surface area contributed by atoms with E-state index in [1.54, 1.807) is 6.92 Å². The van der Waals surface area contributed by atoms with E-state index in [0.717, 1.165) is 28.1 Å². The third-order valence-electron chi connectivity index (χ3n) is 5.84. The van der Waals surface area contributed by atoms with Gasteiger partial charge in [0, 0.05) is 22.4 Å². The van der Waals surface area contributed by atoms with Crippen molar-refractivity contribution < 1.29 is 9.13 Å². The Morgan fingerprint density at radius 3 is 2.55 bits per heavy atom. The average molecular weight is 385 g/mol. The van der Waals surface area contributed by atoms with Gasteiger partial charge in [0.05, 0.1) is 5.54 Å². The lowest BCUT2D eigenvalue weighted by atomic mass is 9.80. The zero-order valence-corrected chi connectivity index (χ0v) is 17.1. The van der Waals surface area contributed by atoms with Crippen molar-refractivity contribution in [2.24, 2.45) is 0 Å². The third kappa shape index (κ3) is 2.84. The highest BCUT2D eigenvalue weighted by molar-refractivity contribution is 5.90. The van der Waals surface area contributed by atoms with E-state index in [9.17, 15) is 4.39 Å². The third-order valence-corrected chi connectivity index (χ3v) is 5.84. The molecule has 5 rings (SSSR count). The van der Waals surface area contributed by atoms with Gasteiger partial charge in [0.25, 0.3) is 0 Å². The maximum Gasteiger partial charge on any atom is 0.150 e. The maximum atomic E-state index is 14.0. The second kappa shape index (κ2) is 6.21. The van der Waals surface area contributed by atoms with E-state index in [0.29, 0.717) is 5.56 Å². The maximum absolute atomic E-state index is 14.0. The number of hydrogen-bond acceptors (Lipinski definition) is 2. The normalized spacial score (nSPS) is 18.5. The SMILES string of the molecule is CC1=CC(C)(C)Nc2ccc3c(c21)C(c1ccc(F)c(C)c1)Oc1ccccc1-3. The van der Waals surface area contributed by atoms with Crippen molar-refractivity contribution in [1.29, 1.82) is 0 Å². The van der Waals surface area contributed by atoms with E-state index in [1.807, 2.05) is 30.3 Å². The number of ether oxygens (including phenoxy) is 1. The molecule has 1 unspecified atom stereocenters. The largest absolute Gasteiger partial charge is 0.480 e. The summed E-state index contributed by atoms with van der Waals surface area (Å²) < 4.78 is 20.5. The van der Waals surface area contributed by atoms with Gasteiger partial charge in [-0.15, -0.1) is 0 Å². The number of halogens is 1. The number of benzene rings is 3. The molecule has 0 aromatic heterocycles. The fourth-order valence-corrected chi connectivity index (χ4v) is 4.70. The minimum atomic E-state index is -0.291. The fraction of sp³-hybridized carbons (Fsp3) is 0.231. The van der Waals surface area contributed by atoms with Gasteiger partial charge in [-0.2, -0.15) is 0 Å². The molecular weight excluding hydrogens is 361 g/mol. The molecule has 29 heavy (non-hydrogen) atoms. The standard InChI is InChI=1S/C26H24FNO/c1-15-13-17(9-11-20(15)27)25-24-19(18-7-5-6-8-22(18)29-25)10-12-21-23(24)16(2)14-26(3,4)28-21/h5-14,25,28H,1-4H3. The molecule has 0 saturated heterocycles. The fourth-order valence-electron chi connectivity index (χ4n) is 4.70. The predicted molar refractivity (Wildman–Crippen MR) is 117 cm³/mol. The van der Waals surface area contributed by atoms with Crippen LogP contribution in [0.15, 0.2) is 60.7 Å². The van der Waals surface area contributed by atoms with Crippen LogP contribution >= 0.6 is 0 Å². The van der Waals surface area contributed by atoms with E-state index in [2.05, 4.69) is 50.4 Å². The molecule has 0 saturated carbocycles. The molecule has 3 aromatic rings. The topological polar surface area (TPSA) is 21.3 Å². The number of anilines is 1. The molecule has 0 amide bonds. The van der Waals surface area contributed by atoms with Crippen molar-refractivity contribution in [1.82, 2.24) is 0 Å². The number of aryl methyl sites for hydroxylation is 1. The Balaban J connectivity index is 1.80. The Morgan fingerprint density at radius 2 is 1.76 bits per heavy atom. The molecule has 3 heteroatoms. The van der Waals surface area contributed by atoms with Crippen LogP contribution < -0.4 is 10.1 Å². The van der Waals surface area contributed by atoms with Gasteiger partial charge in [0.15, 0.2) is 6.10 Å². The minimum absolute atomic E-state index is 0.110. The molecule has 0 bridgehead atoms. The van der Waals surface area contributed by atoms with Gasteiger partial charge in [-0.1, -0.05) is 36.4 Å². The van der Waals surface area contributed by atoms with Gasteiger partial charge in [0.1, 0.15) is 11.6 Å². The van der Waals surface area contributed by atoms with Crippen LogP contribution in [0.4, 0.5) is 10.1 Å². The molecule has 3 aromatic carbocycles. The highest BCUT2D eigenvalue weighted by atomic mass is 19.1. The van der Waals surface area contributed by atoms with Gasteiger partial charge in [0.2, 0.25) is 0 Å². The lowest BCUT2D eigenvalue weighted by Gasteiger charge is -2.37. The molecule has 1 atom stereocenters.